The molecule has 0 bridgehead atoms. The summed E-state index contributed by atoms with van der Waals surface area (Å²) in [7, 11) is 1.65. The highest BCUT2D eigenvalue weighted by atomic mass is 32.1. The van der Waals surface area contributed by atoms with Crippen LogP contribution in [0.25, 0.3) is 28.0 Å². The molecule has 0 fully saturated rings. The van der Waals surface area contributed by atoms with Crippen molar-refractivity contribution >= 4 is 22.4 Å². The number of ether oxygens (including phenoxy) is 3. The molecule has 10 heteroatoms. The Bertz CT molecular complexity index is 1980. The van der Waals surface area contributed by atoms with Crippen molar-refractivity contribution in [3.05, 3.63) is 111 Å². The third kappa shape index (κ3) is 4.18. The number of para-hydroxylation sites is 3. The minimum atomic E-state index is -0.497. The van der Waals surface area contributed by atoms with Crippen LogP contribution in [0, 0.1) is 6.92 Å². The van der Waals surface area contributed by atoms with E-state index in [1.807, 2.05) is 96.7 Å². The highest BCUT2D eigenvalue weighted by Crippen LogP contribution is 2.35. The lowest BCUT2D eigenvalue weighted by atomic mass is 10.0. The van der Waals surface area contributed by atoms with Crippen LogP contribution in [-0.2, 0) is 0 Å². The van der Waals surface area contributed by atoms with Crippen molar-refractivity contribution in [2.24, 2.45) is 0 Å². The molecule has 198 valence electrons. The number of fused-ring (bicyclic) bond motifs is 2. The van der Waals surface area contributed by atoms with Crippen molar-refractivity contribution < 1.29 is 14.2 Å². The normalized spacial score (nSPS) is 15.1. The first-order valence-corrected chi connectivity index (χ1v) is 13.5. The van der Waals surface area contributed by atoms with E-state index < -0.39 is 6.10 Å². The molecule has 1 unspecified atom stereocenters. The van der Waals surface area contributed by atoms with Gasteiger partial charge in [-0.15, -0.1) is 5.10 Å². The van der Waals surface area contributed by atoms with E-state index in [2.05, 4.69) is 10.1 Å². The van der Waals surface area contributed by atoms with Crippen molar-refractivity contribution in [2.45, 2.75) is 13.0 Å². The maximum atomic E-state index is 13.4. The van der Waals surface area contributed by atoms with Crippen LogP contribution in [0.1, 0.15) is 23.1 Å². The molecule has 6 aromatic rings. The Balaban J connectivity index is 1.29. The Labute approximate surface area is 232 Å². The maximum Gasteiger partial charge on any atom is 0.291 e. The summed E-state index contributed by atoms with van der Waals surface area (Å²) in [4.78, 5) is 18.5. The second kappa shape index (κ2) is 9.65. The minimum Gasteiger partial charge on any atom is -0.496 e. The first kappa shape index (κ1) is 24.1. The second-order valence-corrected chi connectivity index (χ2v) is 10.4. The van der Waals surface area contributed by atoms with Crippen LogP contribution in [0.4, 0.5) is 0 Å². The van der Waals surface area contributed by atoms with Gasteiger partial charge in [0.1, 0.15) is 18.1 Å². The number of nitrogens with zero attached hydrogens (tertiary/aromatic N) is 5. The summed E-state index contributed by atoms with van der Waals surface area (Å²) >= 11 is 1.28. The van der Waals surface area contributed by atoms with Crippen LogP contribution in [-0.4, -0.2) is 38.1 Å². The van der Waals surface area contributed by atoms with E-state index in [-0.39, 0.29) is 12.2 Å². The van der Waals surface area contributed by atoms with Gasteiger partial charge in [0, 0.05) is 17.3 Å². The summed E-state index contributed by atoms with van der Waals surface area (Å²) in [5.41, 5.74) is 4.13. The van der Waals surface area contributed by atoms with E-state index in [0.717, 1.165) is 33.8 Å². The summed E-state index contributed by atoms with van der Waals surface area (Å²) in [6, 6.07) is 23.2. The first-order chi connectivity index (χ1) is 19.6. The fourth-order valence-corrected chi connectivity index (χ4v) is 5.63. The summed E-state index contributed by atoms with van der Waals surface area (Å²) < 4.78 is 20.9. The van der Waals surface area contributed by atoms with Crippen molar-refractivity contribution in [2.75, 3.05) is 13.7 Å². The van der Waals surface area contributed by atoms with Crippen LogP contribution in [0.3, 0.4) is 0 Å². The minimum absolute atomic E-state index is 0.250. The number of hydrogen-bond donors (Lipinski definition) is 0. The van der Waals surface area contributed by atoms with Crippen molar-refractivity contribution in [3.63, 3.8) is 0 Å². The Kier molecular flexibility index (Phi) is 5.82. The molecule has 40 heavy (non-hydrogen) atoms. The zero-order valence-electron chi connectivity index (χ0n) is 21.6. The third-order valence-electron chi connectivity index (χ3n) is 6.71. The van der Waals surface area contributed by atoms with Crippen LogP contribution in [0.5, 0.6) is 17.2 Å². The fraction of sp³-hybridized carbons (Fsp3) is 0.133. The maximum absolute atomic E-state index is 13.4. The fourth-order valence-electron chi connectivity index (χ4n) is 4.73. The van der Waals surface area contributed by atoms with Crippen molar-refractivity contribution in [1.29, 1.82) is 0 Å². The summed E-state index contributed by atoms with van der Waals surface area (Å²) in [6.45, 7) is 2.26. The zero-order chi connectivity index (χ0) is 27.2. The molecule has 0 amide bonds. The van der Waals surface area contributed by atoms with E-state index in [0.29, 0.717) is 26.8 Å². The average Bonchev–Trinajstić information content (AvgIpc) is 3.68. The Morgan fingerprint density at radius 3 is 2.60 bits per heavy atom. The van der Waals surface area contributed by atoms with Gasteiger partial charge in [-0.2, -0.15) is 14.6 Å². The van der Waals surface area contributed by atoms with Gasteiger partial charge in [-0.3, -0.25) is 4.79 Å². The number of benzene rings is 3. The van der Waals surface area contributed by atoms with Gasteiger partial charge in [0.25, 0.3) is 5.56 Å². The summed E-state index contributed by atoms with van der Waals surface area (Å²) in [5, 5.41) is 9.37. The zero-order valence-corrected chi connectivity index (χ0v) is 22.5. The molecule has 0 aliphatic carbocycles. The van der Waals surface area contributed by atoms with Gasteiger partial charge in [0.2, 0.25) is 4.96 Å². The summed E-state index contributed by atoms with van der Waals surface area (Å²) in [5.74, 6) is 2.52. The molecule has 4 heterocycles. The lowest BCUT2D eigenvalue weighted by Gasteiger charge is -2.24. The molecule has 3 aromatic heterocycles. The monoisotopic (exact) mass is 549 g/mol. The van der Waals surface area contributed by atoms with E-state index in [1.165, 1.54) is 15.9 Å². The van der Waals surface area contributed by atoms with Gasteiger partial charge in [-0.25, -0.2) is 4.68 Å². The smallest absolute Gasteiger partial charge is 0.291 e. The standard InChI is InChI=1S/C30H23N5O4S/c1-18-14-19(12-13-22(18)37-2)27-20(16-34(32-27)21-8-4-3-5-9-21)15-26-29(36)35-30(40-26)31-28(33-35)25-17-38-23-10-6-7-11-24(23)39-25/h3-16,25H,17H2,1-2H3/b26-15-. The van der Waals surface area contributed by atoms with E-state index in [9.17, 15) is 4.79 Å². The molecule has 7 rings (SSSR count). The number of aromatic nitrogens is 5. The van der Waals surface area contributed by atoms with E-state index in [4.69, 9.17) is 19.3 Å². The van der Waals surface area contributed by atoms with Crippen molar-refractivity contribution in [1.82, 2.24) is 24.4 Å². The molecule has 1 atom stereocenters. The molecule has 0 N–H and O–H groups in total. The first-order valence-electron chi connectivity index (χ1n) is 12.7. The molecule has 1 aliphatic heterocycles. The Morgan fingerprint density at radius 1 is 1.02 bits per heavy atom. The van der Waals surface area contributed by atoms with Crippen LogP contribution in [0.2, 0.25) is 0 Å². The predicted molar refractivity (Wildman–Crippen MR) is 152 cm³/mol. The predicted octanol–water partition coefficient (Wildman–Crippen LogP) is 4.38. The van der Waals surface area contributed by atoms with E-state index in [1.54, 1.807) is 7.11 Å². The molecule has 3 aromatic carbocycles. The molecular formula is C30H23N5O4S. The number of rotatable bonds is 5. The molecule has 9 nitrogen and oxygen atoms in total. The Morgan fingerprint density at radius 2 is 1.82 bits per heavy atom. The summed E-state index contributed by atoms with van der Waals surface area (Å²) in [6.07, 6.45) is 3.28. The quantitative estimate of drug-likeness (QED) is 0.315. The van der Waals surface area contributed by atoms with Gasteiger partial charge in [-0.1, -0.05) is 41.7 Å². The van der Waals surface area contributed by atoms with Gasteiger partial charge >= 0.3 is 0 Å². The topological polar surface area (TPSA) is 92.8 Å². The lowest BCUT2D eigenvalue weighted by molar-refractivity contribution is 0.0852. The van der Waals surface area contributed by atoms with E-state index >= 15 is 0 Å². The molecular weight excluding hydrogens is 526 g/mol. The molecule has 1 aliphatic rings. The SMILES string of the molecule is COc1ccc(-c2nn(-c3ccccc3)cc2/C=c2\sc3nc(C4COc5ccccc5O4)nn3c2=O)cc1C. The largest absolute Gasteiger partial charge is 0.496 e. The van der Waals surface area contributed by atoms with Gasteiger partial charge < -0.3 is 14.2 Å². The van der Waals surface area contributed by atoms with Crippen molar-refractivity contribution in [3.8, 4) is 34.2 Å². The molecule has 0 saturated carbocycles. The number of aryl methyl sites for hydroxylation is 1. The highest BCUT2D eigenvalue weighted by molar-refractivity contribution is 7.15. The molecule has 0 saturated heterocycles. The number of thiazole rings is 1. The molecule has 0 spiro atoms. The number of methoxy groups -OCH3 is 1. The van der Waals surface area contributed by atoms with Crippen LogP contribution >= 0.6 is 11.3 Å². The van der Waals surface area contributed by atoms with Gasteiger partial charge in [-0.05, 0) is 61.0 Å². The highest BCUT2D eigenvalue weighted by Gasteiger charge is 2.27. The molecule has 0 radical (unpaired) electrons. The van der Waals surface area contributed by atoms with Gasteiger partial charge in [0.15, 0.2) is 23.4 Å². The Hall–Kier alpha value is -4.96. The van der Waals surface area contributed by atoms with Crippen LogP contribution in [0.15, 0.2) is 83.8 Å². The number of hydrogen-bond acceptors (Lipinski definition) is 8. The lowest BCUT2D eigenvalue weighted by Crippen LogP contribution is -2.26. The van der Waals surface area contributed by atoms with Gasteiger partial charge in [0.05, 0.1) is 17.3 Å². The second-order valence-electron chi connectivity index (χ2n) is 9.34. The van der Waals surface area contributed by atoms with Crippen LogP contribution < -0.4 is 24.3 Å². The average molecular weight is 550 g/mol. The third-order valence-corrected chi connectivity index (χ3v) is 7.67.